The van der Waals surface area contributed by atoms with E-state index in [-0.39, 0.29) is 12.5 Å². The minimum atomic E-state index is -0.655. The molecule has 316 valence electrons. The maximum atomic E-state index is 12.4. The third-order valence-corrected chi connectivity index (χ3v) is 10.9. The van der Waals surface area contributed by atoms with Crippen LogP contribution in [0.5, 0.6) is 0 Å². The Morgan fingerprint density at radius 3 is 1.22 bits per heavy atom. The van der Waals surface area contributed by atoms with E-state index in [1.165, 1.54) is 167 Å². The van der Waals surface area contributed by atoms with Crippen LogP contribution in [0.4, 0.5) is 0 Å². The predicted octanol–water partition coefficient (Wildman–Crippen LogP) is 15.1. The van der Waals surface area contributed by atoms with Crippen molar-refractivity contribution >= 4 is 5.91 Å². The molecule has 3 N–H and O–H groups in total. The highest BCUT2D eigenvalue weighted by Crippen LogP contribution is 2.16. The number of allylic oxidation sites excluding steroid dienone is 8. The first-order valence-corrected chi connectivity index (χ1v) is 23.8. The molecule has 2 atom stereocenters. The molecule has 0 aliphatic carbocycles. The molecular weight excluding hydrogens is 663 g/mol. The van der Waals surface area contributed by atoms with Gasteiger partial charge in [0.15, 0.2) is 0 Å². The monoisotopic (exact) mass is 756 g/mol. The van der Waals surface area contributed by atoms with Gasteiger partial charge in [0.25, 0.3) is 0 Å². The summed E-state index contributed by atoms with van der Waals surface area (Å²) >= 11 is 0. The zero-order chi connectivity index (χ0) is 39.3. The fourth-order valence-corrected chi connectivity index (χ4v) is 7.24. The van der Waals surface area contributed by atoms with Crippen molar-refractivity contribution in [3.8, 4) is 0 Å². The van der Waals surface area contributed by atoms with Gasteiger partial charge < -0.3 is 15.5 Å². The number of carbonyl (C=O) groups is 1. The Kier molecular flexibility index (Phi) is 44.3. The molecule has 0 radical (unpaired) electrons. The summed E-state index contributed by atoms with van der Waals surface area (Å²) in [6.07, 6.45) is 62.2. The van der Waals surface area contributed by atoms with Gasteiger partial charge in [0.1, 0.15) is 0 Å². The molecule has 1 amide bonds. The van der Waals surface area contributed by atoms with Crippen molar-refractivity contribution < 1.29 is 15.0 Å². The van der Waals surface area contributed by atoms with Crippen molar-refractivity contribution in [2.45, 2.75) is 257 Å². The van der Waals surface area contributed by atoms with Gasteiger partial charge in [-0.2, -0.15) is 0 Å². The third kappa shape index (κ3) is 41.5. The number of aliphatic hydroxyl groups excluding tert-OH is 2. The lowest BCUT2D eigenvalue weighted by atomic mass is 10.0. The van der Waals surface area contributed by atoms with Crippen LogP contribution in [0.15, 0.2) is 48.6 Å². The number of hydrogen-bond donors (Lipinski definition) is 3. The van der Waals surface area contributed by atoms with Crippen LogP contribution >= 0.6 is 0 Å². The zero-order valence-electron chi connectivity index (χ0n) is 36.2. The van der Waals surface area contributed by atoms with Crippen LogP contribution in [0.2, 0.25) is 0 Å². The fraction of sp³-hybridized carbons (Fsp3) is 0.820. The standard InChI is InChI=1S/C50H93NO3/c1-3-5-7-9-11-13-14-15-16-17-18-19-20-21-22-23-24-25-26-27-28-29-30-31-32-33-34-35-36-38-40-42-44-46-50(54)51-48(47-52)49(53)45-43-41-39-37-12-10-8-6-4-2/h5,7,11,13,15-16,18-19,48-49,52-53H,3-4,6,8-10,12,14,17,20-47H2,1-2H3,(H,51,54)/b7-5-,13-11-,16-15-,19-18-. The summed E-state index contributed by atoms with van der Waals surface area (Å²) in [6, 6.07) is -0.532. The Bertz CT molecular complexity index is 862. The van der Waals surface area contributed by atoms with E-state index in [2.05, 4.69) is 67.8 Å². The molecule has 4 nitrogen and oxygen atoms in total. The lowest BCUT2D eigenvalue weighted by Crippen LogP contribution is -2.45. The number of aliphatic hydroxyl groups is 2. The molecule has 54 heavy (non-hydrogen) atoms. The SMILES string of the molecule is CC/C=C\C/C=C\C/C=C\C/C=C\CCCCCCCCCCCCCCCCCCCCCCC(=O)NC(CO)C(O)CCCCCCCCCCC. The highest BCUT2D eigenvalue weighted by atomic mass is 16.3. The maximum Gasteiger partial charge on any atom is 0.220 e. The summed E-state index contributed by atoms with van der Waals surface area (Å²) in [6.45, 7) is 4.23. The summed E-state index contributed by atoms with van der Waals surface area (Å²) in [4.78, 5) is 12.4. The first-order valence-electron chi connectivity index (χ1n) is 23.8. The highest BCUT2D eigenvalue weighted by Gasteiger charge is 2.20. The van der Waals surface area contributed by atoms with Crippen LogP contribution in [-0.4, -0.2) is 34.9 Å². The molecule has 0 aromatic heterocycles. The normalized spacial score (nSPS) is 13.3. The largest absolute Gasteiger partial charge is 0.394 e. The second kappa shape index (κ2) is 45.7. The summed E-state index contributed by atoms with van der Waals surface area (Å²) in [5.74, 6) is -0.0319. The molecule has 0 aromatic carbocycles. The van der Waals surface area contributed by atoms with Gasteiger partial charge in [0.05, 0.1) is 18.8 Å². The van der Waals surface area contributed by atoms with E-state index < -0.39 is 12.1 Å². The molecule has 0 saturated heterocycles. The Labute approximate surface area is 337 Å². The number of rotatable bonds is 43. The lowest BCUT2D eigenvalue weighted by molar-refractivity contribution is -0.123. The maximum absolute atomic E-state index is 12.4. The second-order valence-electron chi connectivity index (χ2n) is 16.2. The summed E-state index contributed by atoms with van der Waals surface area (Å²) in [7, 11) is 0. The molecule has 0 aliphatic rings. The quantitative estimate of drug-likeness (QED) is 0.0429. The second-order valence-corrected chi connectivity index (χ2v) is 16.2. The van der Waals surface area contributed by atoms with Gasteiger partial charge in [-0.1, -0.05) is 236 Å². The van der Waals surface area contributed by atoms with Gasteiger partial charge in [-0.3, -0.25) is 4.79 Å². The Balaban J connectivity index is 3.39. The predicted molar refractivity (Wildman–Crippen MR) is 239 cm³/mol. The van der Waals surface area contributed by atoms with Crippen LogP contribution in [0.3, 0.4) is 0 Å². The summed E-state index contributed by atoms with van der Waals surface area (Å²) < 4.78 is 0. The van der Waals surface area contributed by atoms with E-state index in [9.17, 15) is 15.0 Å². The van der Waals surface area contributed by atoms with Crippen LogP contribution in [-0.2, 0) is 4.79 Å². The van der Waals surface area contributed by atoms with Crippen molar-refractivity contribution in [1.82, 2.24) is 5.32 Å². The summed E-state index contributed by atoms with van der Waals surface area (Å²) in [5, 5.41) is 23.1. The van der Waals surface area contributed by atoms with Gasteiger partial charge >= 0.3 is 0 Å². The molecule has 0 rings (SSSR count). The topological polar surface area (TPSA) is 69.6 Å². The number of hydrogen-bond acceptors (Lipinski definition) is 3. The molecule has 0 saturated carbocycles. The Hall–Kier alpha value is -1.65. The first-order chi connectivity index (χ1) is 26.7. The van der Waals surface area contributed by atoms with Crippen LogP contribution in [0.25, 0.3) is 0 Å². The minimum absolute atomic E-state index is 0.0319. The van der Waals surface area contributed by atoms with Crippen molar-refractivity contribution in [1.29, 1.82) is 0 Å². The minimum Gasteiger partial charge on any atom is -0.394 e. The smallest absolute Gasteiger partial charge is 0.220 e. The number of unbranched alkanes of at least 4 members (excludes halogenated alkanes) is 28. The average Bonchev–Trinajstić information content (AvgIpc) is 3.18. The molecule has 2 unspecified atom stereocenters. The van der Waals surface area contributed by atoms with Crippen molar-refractivity contribution in [3.63, 3.8) is 0 Å². The zero-order valence-corrected chi connectivity index (χ0v) is 36.2. The molecule has 4 heteroatoms. The van der Waals surface area contributed by atoms with Crippen LogP contribution in [0.1, 0.15) is 245 Å². The number of carbonyl (C=O) groups excluding carboxylic acids is 1. The van der Waals surface area contributed by atoms with E-state index in [0.29, 0.717) is 12.8 Å². The molecule has 0 aliphatic heterocycles. The first kappa shape index (κ1) is 52.3. The highest BCUT2D eigenvalue weighted by molar-refractivity contribution is 5.76. The van der Waals surface area contributed by atoms with E-state index in [1.807, 2.05) is 0 Å². The molecule has 0 aromatic rings. The van der Waals surface area contributed by atoms with Crippen molar-refractivity contribution in [2.75, 3.05) is 6.61 Å². The van der Waals surface area contributed by atoms with Crippen LogP contribution in [0, 0.1) is 0 Å². The Morgan fingerprint density at radius 1 is 0.463 bits per heavy atom. The molecular formula is C50H93NO3. The third-order valence-electron chi connectivity index (χ3n) is 10.9. The van der Waals surface area contributed by atoms with Crippen molar-refractivity contribution in [3.05, 3.63) is 48.6 Å². The van der Waals surface area contributed by atoms with Gasteiger partial charge in [-0.15, -0.1) is 0 Å². The van der Waals surface area contributed by atoms with Gasteiger partial charge in [0, 0.05) is 6.42 Å². The van der Waals surface area contributed by atoms with Gasteiger partial charge in [0.2, 0.25) is 5.91 Å². The van der Waals surface area contributed by atoms with E-state index in [0.717, 1.165) is 51.4 Å². The van der Waals surface area contributed by atoms with E-state index in [4.69, 9.17) is 0 Å². The van der Waals surface area contributed by atoms with E-state index in [1.54, 1.807) is 0 Å². The molecule has 0 bridgehead atoms. The van der Waals surface area contributed by atoms with Gasteiger partial charge in [-0.25, -0.2) is 0 Å². The van der Waals surface area contributed by atoms with Crippen LogP contribution < -0.4 is 5.32 Å². The lowest BCUT2D eigenvalue weighted by Gasteiger charge is -2.22. The number of amides is 1. The molecule has 0 fully saturated rings. The fourth-order valence-electron chi connectivity index (χ4n) is 7.24. The molecule has 0 spiro atoms. The number of nitrogens with one attached hydrogen (secondary N) is 1. The van der Waals surface area contributed by atoms with Crippen molar-refractivity contribution in [2.24, 2.45) is 0 Å². The average molecular weight is 756 g/mol. The van der Waals surface area contributed by atoms with Gasteiger partial charge in [-0.05, 0) is 51.4 Å². The van der Waals surface area contributed by atoms with E-state index >= 15 is 0 Å². The molecule has 0 heterocycles. The summed E-state index contributed by atoms with van der Waals surface area (Å²) in [5.41, 5.74) is 0. The Morgan fingerprint density at radius 2 is 0.815 bits per heavy atom.